The van der Waals surface area contributed by atoms with E-state index < -0.39 is 17.9 Å². The molecule has 1 saturated carbocycles. The normalized spacial score (nSPS) is 23.3. The number of hydrogen-bond acceptors (Lipinski definition) is 8. The lowest BCUT2D eigenvalue weighted by atomic mass is 9.89. The van der Waals surface area contributed by atoms with Crippen molar-refractivity contribution in [3.05, 3.63) is 29.7 Å². The number of hydrogen-bond donors (Lipinski definition) is 2. The number of carbonyl (C=O) groups excluding carboxylic acids is 1. The molecule has 2 N–H and O–H groups in total. The van der Waals surface area contributed by atoms with Gasteiger partial charge in [-0.15, -0.1) is 0 Å². The highest BCUT2D eigenvalue weighted by molar-refractivity contribution is 6.03. The van der Waals surface area contributed by atoms with Crippen molar-refractivity contribution in [2.75, 3.05) is 29.7 Å². The Kier molecular flexibility index (Phi) is 6.04. The molecule has 0 saturated heterocycles. The first-order valence-corrected chi connectivity index (χ1v) is 10.5. The Balaban J connectivity index is 1.40. The molecule has 12 heteroatoms. The van der Waals surface area contributed by atoms with Gasteiger partial charge in [0, 0.05) is 45.3 Å². The van der Waals surface area contributed by atoms with Crippen molar-refractivity contribution in [2.45, 2.75) is 57.2 Å². The van der Waals surface area contributed by atoms with Gasteiger partial charge >= 0.3 is 6.18 Å². The summed E-state index contributed by atoms with van der Waals surface area (Å²) in [5, 5.41) is 6.11. The molecule has 0 bridgehead atoms. The number of likely N-dealkylation sites (N-methyl/N-ethyl adjacent to an activating group) is 1. The number of pyridine rings is 1. The summed E-state index contributed by atoms with van der Waals surface area (Å²) >= 11 is 0. The van der Waals surface area contributed by atoms with Gasteiger partial charge in [-0.25, -0.2) is 4.98 Å². The SMILES string of the molecule is CO[C@@H](C)[C@H]1C(=O)Nc2c(C)nc(NC3CC(Oc4ccnc(C(F)(F)F)c4)C3)nc2N1C. The molecule has 3 heterocycles. The molecule has 1 aliphatic heterocycles. The summed E-state index contributed by atoms with van der Waals surface area (Å²) in [5.41, 5.74) is 0.194. The van der Waals surface area contributed by atoms with Crippen molar-refractivity contribution in [1.29, 1.82) is 0 Å². The fourth-order valence-corrected chi connectivity index (χ4v) is 3.98. The number of anilines is 3. The Morgan fingerprint density at radius 3 is 2.70 bits per heavy atom. The van der Waals surface area contributed by atoms with Crippen molar-refractivity contribution in [2.24, 2.45) is 0 Å². The Morgan fingerprint density at radius 2 is 2.03 bits per heavy atom. The number of fused-ring (bicyclic) bond motifs is 1. The maximum Gasteiger partial charge on any atom is 0.433 e. The van der Waals surface area contributed by atoms with Crippen LogP contribution in [-0.4, -0.2) is 59.3 Å². The molecule has 33 heavy (non-hydrogen) atoms. The van der Waals surface area contributed by atoms with Gasteiger partial charge in [0.15, 0.2) is 5.82 Å². The Morgan fingerprint density at radius 1 is 1.30 bits per heavy atom. The number of nitrogens with one attached hydrogen (secondary N) is 2. The second-order valence-corrected chi connectivity index (χ2v) is 8.24. The van der Waals surface area contributed by atoms with E-state index in [1.54, 1.807) is 26.0 Å². The van der Waals surface area contributed by atoms with Gasteiger partial charge in [-0.1, -0.05) is 0 Å². The molecule has 2 atom stereocenters. The third kappa shape index (κ3) is 4.65. The van der Waals surface area contributed by atoms with Crippen molar-refractivity contribution >= 4 is 23.4 Å². The second kappa shape index (κ2) is 8.65. The molecule has 4 rings (SSSR count). The zero-order valence-electron chi connectivity index (χ0n) is 18.6. The van der Waals surface area contributed by atoms with Gasteiger partial charge in [0.2, 0.25) is 11.9 Å². The van der Waals surface area contributed by atoms with E-state index in [9.17, 15) is 18.0 Å². The molecule has 0 spiro atoms. The van der Waals surface area contributed by atoms with E-state index >= 15 is 0 Å². The van der Waals surface area contributed by atoms with Gasteiger partial charge in [-0.3, -0.25) is 9.78 Å². The summed E-state index contributed by atoms with van der Waals surface area (Å²) in [6.45, 7) is 3.60. The highest BCUT2D eigenvalue weighted by Gasteiger charge is 2.38. The molecular formula is C21H25F3N6O3. The Labute approximate surface area is 188 Å². The van der Waals surface area contributed by atoms with Crippen LogP contribution < -0.4 is 20.3 Å². The lowest BCUT2D eigenvalue weighted by Gasteiger charge is -2.38. The number of amides is 1. The van der Waals surface area contributed by atoms with Crippen LogP contribution in [0.4, 0.5) is 30.6 Å². The van der Waals surface area contributed by atoms with E-state index in [-0.39, 0.29) is 29.9 Å². The number of alkyl halides is 3. The van der Waals surface area contributed by atoms with Gasteiger partial charge in [-0.2, -0.15) is 18.2 Å². The van der Waals surface area contributed by atoms with Crippen LogP contribution in [0.5, 0.6) is 5.75 Å². The van der Waals surface area contributed by atoms with Crippen LogP contribution in [-0.2, 0) is 15.7 Å². The third-order valence-electron chi connectivity index (χ3n) is 5.91. The van der Waals surface area contributed by atoms with Crippen LogP contribution in [0.2, 0.25) is 0 Å². The molecule has 0 aromatic carbocycles. The van der Waals surface area contributed by atoms with E-state index in [4.69, 9.17) is 9.47 Å². The van der Waals surface area contributed by atoms with Crippen LogP contribution in [0, 0.1) is 6.92 Å². The number of methoxy groups -OCH3 is 1. The highest BCUT2D eigenvalue weighted by Crippen LogP contribution is 2.35. The summed E-state index contributed by atoms with van der Waals surface area (Å²) in [7, 11) is 3.33. The van der Waals surface area contributed by atoms with Gasteiger partial charge in [0.05, 0.1) is 11.8 Å². The lowest BCUT2D eigenvalue weighted by Crippen LogP contribution is -2.53. The first kappa shape index (κ1) is 23.0. The predicted octanol–water partition coefficient (Wildman–Crippen LogP) is 3.01. The van der Waals surface area contributed by atoms with Crippen LogP contribution >= 0.6 is 0 Å². The van der Waals surface area contributed by atoms with Crippen molar-refractivity contribution < 1.29 is 27.4 Å². The van der Waals surface area contributed by atoms with Gasteiger partial charge in [-0.05, 0) is 19.9 Å². The monoisotopic (exact) mass is 466 g/mol. The quantitative estimate of drug-likeness (QED) is 0.670. The molecule has 0 radical (unpaired) electrons. The number of aromatic nitrogens is 3. The molecule has 9 nitrogen and oxygen atoms in total. The van der Waals surface area contributed by atoms with Crippen LogP contribution in [0.25, 0.3) is 0 Å². The average Bonchev–Trinajstić information content (AvgIpc) is 2.72. The number of halogens is 3. The molecule has 1 aliphatic carbocycles. The number of nitrogens with zero attached hydrogens (tertiary/aromatic N) is 4. The average molecular weight is 466 g/mol. The van der Waals surface area contributed by atoms with Crippen molar-refractivity contribution in [3.8, 4) is 5.75 Å². The van der Waals surface area contributed by atoms with Gasteiger partial charge in [0.25, 0.3) is 0 Å². The topological polar surface area (TPSA) is 102 Å². The second-order valence-electron chi connectivity index (χ2n) is 8.24. The van der Waals surface area contributed by atoms with Crippen molar-refractivity contribution in [1.82, 2.24) is 15.0 Å². The Hall–Kier alpha value is -3.15. The maximum absolute atomic E-state index is 12.8. The smallest absolute Gasteiger partial charge is 0.433 e. The van der Waals surface area contributed by atoms with E-state index in [1.807, 2.05) is 6.92 Å². The summed E-state index contributed by atoms with van der Waals surface area (Å²) in [6.07, 6.45) is -2.83. The number of carbonyl (C=O) groups is 1. The standard InChI is InChI=1S/C21H25F3N6O3/c1-10-16-18(30(3)17(11(2)32-4)19(31)28-16)29-20(26-10)27-12-7-14(8-12)33-13-5-6-25-15(9-13)21(22,23)24/h5-6,9,11-12,14,17H,7-8H2,1-4H3,(H,28,31)(H,26,27,29)/t11-,12?,14?,17-/m0/s1. The molecule has 178 valence electrons. The zero-order valence-corrected chi connectivity index (χ0v) is 18.6. The minimum atomic E-state index is -4.52. The van der Waals surface area contributed by atoms with E-state index in [0.717, 1.165) is 12.3 Å². The summed E-state index contributed by atoms with van der Waals surface area (Å²) in [4.78, 5) is 26.7. The molecule has 2 aromatic rings. The molecule has 1 fully saturated rings. The van der Waals surface area contributed by atoms with E-state index in [0.29, 0.717) is 36.0 Å². The molecule has 1 amide bonds. The minimum absolute atomic E-state index is 0.00792. The van der Waals surface area contributed by atoms with E-state index in [1.165, 1.54) is 6.07 Å². The third-order valence-corrected chi connectivity index (χ3v) is 5.91. The number of ether oxygens (including phenoxy) is 2. The zero-order chi connectivity index (χ0) is 23.9. The van der Waals surface area contributed by atoms with Crippen molar-refractivity contribution in [3.63, 3.8) is 0 Å². The van der Waals surface area contributed by atoms with Crippen LogP contribution in [0.1, 0.15) is 31.2 Å². The molecule has 2 aliphatic rings. The molecule has 0 unspecified atom stereocenters. The molecule has 2 aromatic heterocycles. The minimum Gasteiger partial charge on any atom is -0.490 e. The summed E-state index contributed by atoms with van der Waals surface area (Å²) in [5.74, 6) is 0.944. The van der Waals surface area contributed by atoms with Gasteiger partial charge < -0.3 is 25.0 Å². The Bertz CT molecular complexity index is 1040. The van der Waals surface area contributed by atoms with Crippen LogP contribution in [0.15, 0.2) is 18.3 Å². The molecular weight excluding hydrogens is 441 g/mol. The van der Waals surface area contributed by atoms with Gasteiger partial charge in [0.1, 0.15) is 29.3 Å². The first-order valence-electron chi connectivity index (χ1n) is 10.5. The van der Waals surface area contributed by atoms with E-state index in [2.05, 4.69) is 25.6 Å². The number of aryl methyl sites for hydroxylation is 1. The predicted molar refractivity (Wildman–Crippen MR) is 114 cm³/mol. The summed E-state index contributed by atoms with van der Waals surface area (Å²) in [6, 6.07) is 1.79. The summed E-state index contributed by atoms with van der Waals surface area (Å²) < 4.78 is 49.5. The maximum atomic E-state index is 12.8. The lowest BCUT2D eigenvalue weighted by molar-refractivity contribution is -0.141. The first-order chi connectivity index (χ1) is 15.6. The largest absolute Gasteiger partial charge is 0.490 e. The highest BCUT2D eigenvalue weighted by atomic mass is 19.4. The number of rotatable bonds is 6. The fourth-order valence-electron chi connectivity index (χ4n) is 3.98. The fraction of sp³-hybridized carbons (Fsp3) is 0.524. The van der Waals surface area contributed by atoms with Crippen LogP contribution in [0.3, 0.4) is 0 Å².